The Hall–Kier alpha value is -0.380. The molecule has 0 saturated carbocycles. The first kappa shape index (κ1) is 16.7. The number of hydrogen-bond donors (Lipinski definition) is 1. The standard InChI is InChI=1S/C16H26BrNO/c1-3-18-13-15(8-6-10-19-4-2)11-14-7-5-9-16(17)12-14/h5,7,9,12,15,18H,3-4,6,8,10-11,13H2,1-2H3. The Morgan fingerprint density at radius 1 is 1.32 bits per heavy atom. The van der Waals surface area contributed by atoms with E-state index in [1.54, 1.807) is 0 Å². The van der Waals surface area contributed by atoms with Gasteiger partial charge in [-0.25, -0.2) is 0 Å². The van der Waals surface area contributed by atoms with E-state index < -0.39 is 0 Å². The molecule has 0 aromatic heterocycles. The minimum absolute atomic E-state index is 0.690. The van der Waals surface area contributed by atoms with E-state index >= 15 is 0 Å². The molecule has 1 atom stereocenters. The molecular weight excluding hydrogens is 302 g/mol. The van der Waals surface area contributed by atoms with E-state index in [9.17, 15) is 0 Å². The number of ether oxygens (including phenoxy) is 1. The summed E-state index contributed by atoms with van der Waals surface area (Å²) in [7, 11) is 0. The molecule has 1 aromatic carbocycles. The lowest BCUT2D eigenvalue weighted by atomic mass is 9.95. The molecule has 0 fully saturated rings. The van der Waals surface area contributed by atoms with E-state index in [-0.39, 0.29) is 0 Å². The number of hydrogen-bond acceptors (Lipinski definition) is 2. The topological polar surface area (TPSA) is 21.3 Å². The van der Waals surface area contributed by atoms with Crippen LogP contribution < -0.4 is 5.32 Å². The highest BCUT2D eigenvalue weighted by Gasteiger charge is 2.09. The van der Waals surface area contributed by atoms with Crippen molar-refractivity contribution >= 4 is 15.9 Å². The largest absolute Gasteiger partial charge is 0.382 e. The molecule has 0 aliphatic carbocycles. The molecule has 0 amide bonds. The Morgan fingerprint density at radius 3 is 2.84 bits per heavy atom. The second-order valence-corrected chi connectivity index (χ2v) is 5.76. The fourth-order valence-corrected chi connectivity index (χ4v) is 2.69. The van der Waals surface area contributed by atoms with Crippen molar-refractivity contribution in [2.24, 2.45) is 5.92 Å². The Balaban J connectivity index is 2.43. The first-order chi connectivity index (χ1) is 9.26. The average Bonchev–Trinajstić information content (AvgIpc) is 2.40. The van der Waals surface area contributed by atoms with Gasteiger partial charge in [-0.15, -0.1) is 0 Å². The number of rotatable bonds is 10. The van der Waals surface area contributed by atoms with Gasteiger partial charge in [0.25, 0.3) is 0 Å². The Morgan fingerprint density at radius 2 is 2.16 bits per heavy atom. The summed E-state index contributed by atoms with van der Waals surface area (Å²) in [6.07, 6.45) is 3.51. The van der Waals surface area contributed by atoms with E-state index in [2.05, 4.69) is 59.4 Å². The van der Waals surface area contributed by atoms with Crippen LogP contribution in [-0.2, 0) is 11.2 Å². The van der Waals surface area contributed by atoms with Crippen LogP contribution in [0.3, 0.4) is 0 Å². The molecule has 0 radical (unpaired) electrons. The van der Waals surface area contributed by atoms with Crippen LogP contribution in [0.15, 0.2) is 28.7 Å². The molecule has 1 N–H and O–H groups in total. The molecule has 1 unspecified atom stereocenters. The molecule has 0 heterocycles. The Bertz CT molecular complexity index is 343. The van der Waals surface area contributed by atoms with Crippen LogP contribution in [0.25, 0.3) is 0 Å². The van der Waals surface area contributed by atoms with Gasteiger partial charge in [0.1, 0.15) is 0 Å². The molecule has 1 rings (SSSR count). The third kappa shape index (κ3) is 7.71. The Labute approximate surface area is 126 Å². The van der Waals surface area contributed by atoms with Crippen molar-refractivity contribution in [3.05, 3.63) is 34.3 Å². The molecule has 3 heteroatoms. The van der Waals surface area contributed by atoms with Crippen molar-refractivity contribution in [1.82, 2.24) is 5.32 Å². The van der Waals surface area contributed by atoms with Crippen LogP contribution in [0.1, 0.15) is 32.3 Å². The van der Waals surface area contributed by atoms with Gasteiger partial charge in [0.2, 0.25) is 0 Å². The molecule has 1 aromatic rings. The predicted molar refractivity (Wildman–Crippen MR) is 85.6 cm³/mol. The lowest BCUT2D eigenvalue weighted by Crippen LogP contribution is -2.24. The molecule has 0 saturated heterocycles. The predicted octanol–water partition coefficient (Wildman–Crippen LogP) is 4.03. The third-order valence-corrected chi connectivity index (χ3v) is 3.69. The van der Waals surface area contributed by atoms with E-state index in [0.717, 1.165) is 39.1 Å². The minimum Gasteiger partial charge on any atom is -0.382 e. The number of nitrogens with one attached hydrogen (secondary N) is 1. The fraction of sp³-hybridized carbons (Fsp3) is 0.625. The normalized spacial score (nSPS) is 12.6. The molecule has 0 bridgehead atoms. The quantitative estimate of drug-likeness (QED) is 0.655. The zero-order valence-corrected chi connectivity index (χ0v) is 13.7. The van der Waals surface area contributed by atoms with E-state index in [4.69, 9.17) is 4.74 Å². The summed E-state index contributed by atoms with van der Waals surface area (Å²) in [5.74, 6) is 0.690. The summed E-state index contributed by atoms with van der Waals surface area (Å²) in [6, 6.07) is 8.63. The summed E-state index contributed by atoms with van der Waals surface area (Å²) >= 11 is 3.54. The SMILES string of the molecule is CCNCC(CCCOCC)Cc1cccc(Br)c1. The second kappa shape index (κ2) is 10.4. The molecule has 0 aliphatic rings. The highest BCUT2D eigenvalue weighted by molar-refractivity contribution is 9.10. The van der Waals surface area contributed by atoms with Gasteiger partial charge in [-0.1, -0.05) is 35.0 Å². The van der Waals surface area contributed by atoms with Crippen molar-refractivity contribution in [2.75, 3.05) is 26.3 Å². The fourth-order valence-electron chi connectivity index (χ4n) is 2.24. The molecule has 0 spiro atoms. The van der Waals surface area contributed by atoms with Crippen LogP contribution >= 0.6 is 15.9 Å². The summed E-state index contributed by atoms with van der Waals surface area (Å²) in [5.41, 5.74) is 1.41. The van der Waals surface area contributed by atoms with Crippen molar-refractivity contribution in [3.63, 3.8) is 0 Å². The molecule has 108 valence electrons. The molecule has 0 aliphatic heterocycles. The van der Waals surface area contributed by atoms with Gasteiger partial charge in [-0.2, -0.15) is 0 Å². The summed E-state index contributed by atoms with van der Waals surface area (Å²) in [4.78, 5) is 0. The van der Waals surface area contributed by atoms with E-state index in [0.29, 0.717) is 5.92 Å². The van der Waals surface area contributed by atoms with Gasteiger partial charge < -0.3 is 10.1 Å². The van der Waals surface area contributed by atoms with Gasteiger partial charge in [0, 0.05) is 17.7 Å². The van der Waals surface area contributed by atoms with Crippen LogP contribution in [0, 0.1) is 5.92 Å². The van der Waals surface area contributed by atoms with Gasteiger partial charge >= 0.3 is 0 Å². The van der Waals surface area contributed by atoms with Crippen molar-refractivity contribution in [3.8, 4) is 0 Å². The van der Waals surface area contributed by atoms with Crippen LogP contribution in [0.4, 0.5) is 0 Å². The number of benzene rings is 1. The van der Waals surface area contributed by atoms with Crippen molar-refractivity contribution in [2.45, 2.75) is 33.1 Å². The highest BCUT2D eigenvalue weighted by Crippen LogP contribution is 2.17. The van der Waals surface area contributed by atoms with Gasteiger partial charge in [0.05, 0.1) is 0 Å². The highest BCUT2D eigenvalue weighted by atomic mass is 79.9. The first-order valence-corrected chi connectivity index (χ1v) is 8.08. The minimum atomic E-state index is 0.690. The van der Waals surface area contributed by atoms with Gasteiger partial charge in [-0.05, 0) is 62.9 Å². The summed E-state index contributed by atoms with van der Waals surface area (Å²) in [5, 5.41) is 3.47. The maximum atomic E-state index is 5.43. The van der Waals surface area contributed by atoms with Crippen LogP contribution in [-0.4, -0.2) is 26.3 Å². The zero-order valence-electron chi connectivity index (χ0n) is 12.1. The van der Waals surface area contributed by atoms with E-state index in [1.807, 2.05) is 0 Å². The summed E-state index contributed by atoms with van der Waals surface area (Å²) < 4.78 is 6.60. The van der Waals surface area contributed by atoms with Gasteiger partial charge in [-0.3, -0.25) is 0 Å². The first-order valence-electron chi connectivity index (χ1n) is 7.29. The van der Waals surface area contributed by atoms with Crippen LogP contribution in [0.2, 0.25) is 0 Å². The second-order valence-electron chi connectivity index (χ2n) is 4.85. The third-order valence-electron chi connectivity index (χ3n) is 3.20. The number of halogens is 1. The molecule has 2 nitrogen and oxygen atoms in total. The Kier molecular flexibility index (Phi) is 9.14. The molecular formula is C16H26BrNO. The average molecular weight is 328 g/mol. The lowest BCUT2D eigenvalue weighted by Gasteiger charge is -2.17. The monoisotopic (exact) mass is 327 g/mol. The van der Waals surface area contributed by atoms with Gasteiger partial charge in [0.15, 0.2) is 0 Å². The smallest absolute Gasteiger partial charge is 0.0466 e. The molecule has 19 heavy (non-hydrogen) atoms. The van der Waals surface area contributed by atoms with E-state index in [1.165, 1.54) is 16.5 Å². The lowest BCUT2D eigenvalue weighted by molar-refractivity contribution is 0.139. The van der Waals surface area contributed by atoms with Crippen LogP contribution in [0.5, 0.6) is 0 Å². The van der Waals surface area contributed by atoms with Crippen molar-refractivity contribution < 1.29 is 4.74 Å². The van der Waals surface area contributed by atoms with Crippen molar-refractivity contribution in [1.29, 1.82) is 0 Å². The zero-order chi connectivity index (χ0) is 13.9. The maximum absolute atomic E-state index is 5.43. The maximum Gasteiger partial charge on any atom is 0.0466 e. The summed E-state index contributed by atoms with van der Waals surface area (Å²) in [6.45, 7) is 8.06.